The predicted molar refractivity (Wildman–Crippen MR) is 129 cm³/mol. The third-order valence-corrected chi connectivity index (χ3v) is 6.26. The van der Waals surface area contributed by atoms with Crippen molar-refractivity contribution in [1.82, 2.24) is 19.9 Å². The third-order valence-electron chi connectivity index (χ3n) is 5.81. The predicted octanol–water partition coefficient (Wildman–Crippen LogP) is 4.38. The highest BCUT2D eigenvalue weighted by atomic mass is 79.9. The van der Waals surface area contributed by atoms with Crippen LogP contribution in [0.25, 0.3) is 22.5 Å². The molecule has 0 spiro atoms. The van der Waals surface area contributed by atoms with Crippen LogP contribution in [-0.2, 0) is 6.54 Å². The molecule has 1 aliphatic rings. The highest BCUT2D eigenvalue weighted by molar-refractivity contribution is 9.10. The lowest BCUT2D eigenvalue weighted by molar-refractivity contribution is 0.0615. The Kier molecular flexibility index (Phi) is 5.80. The molecule has 2 aromatic carbocycles. The summed E-state index contributed by atoms with van der Waals surface area (Å²) in [5.74, 6) is -0.403. The van der Waals surface area contributed by atoms with Gasteiger partial charge >= 0.3 is 0 Å². The van der Waals surface area contributed by atoms with Crippen LogP contribution in [0.4, 0.5) is 10.2 Å². The van der Waals surface area contributed by atoms with Gasteiger partial charge in [0.15, 0.2) is 0 Å². The lowest BCUT2D eigenvalue weighted by Gasteiger charge is -2.26. The van der Waals surface area contributed by atoms with Crippen LogP contribution in [0.1, 0.15) is 27.5 Å². The first kappa shape index (κ1) is 22.1. The average Bonchev–Trinajstić information content (AvgIpc) is 3.15. The van der Waals surface area contributed by atoms with Crippen LogP contribution in [0.5, 0.6) is 0 Å². The van der Waals surface area contributed by atoms with Crippen molar-refractivity contribution in [2.75, 3.05) is 12.3 Å². The molecule has 5 rings (SSSR count). The van der Waals surface area contributed by atoms with Crippen LogP contribution in [-0.4, -0.2) is 37.5 Å². The molecule has 1 aliphatic heterocycles. The van der Waals surface area contributed by atoms with E-state index in [4.69, 9.17) is 10.7 Å². The second kappa shape index (κ2) is 8.92. The van der Waals surface area contributed by atoms with Gasteiger partial charge in [-0.15, -0.1) is 0 Å². The number of carbonyl (C=O) groups excluding carboxylic acids is 1. The van der Waals surface area contributed by atoms with E-state index in [1.165, 1.54) is 17.0 Å². The smallest absolute Gasteiger partial charge is 0.255 e. The van der Waals surface area contributed by atoms with Crippen LogP contribution in [0.2, 0.25) is 0 Å². The van der Waals surface area contributed by atoms with Crippen molar-refractivity contribution < 1.29 is 14.3 Å². The second-order valence-electron chi connectivity index (χ2n) is 7.93. The Hall–Kier alpha value is -3.69. The summed E-state index contributed by atoms with van der Waals surface area (Å²) < 4.78 is 14.5. The third kappa shape index (κ3) is 4.04. The standard InChI is InChI=1S/C25H19BrFN5O2/c26-18-8-16(9-19(27)10-18)22(13-33)32-12-17-7-15(1-2-20(17)25(32)34)23-24(28)30-11-21(31-23)14-3-5-29-6-4-14/h1-11,22,33H,12-13H2,(H2,28,30). The molecule has 7 nitrogen and oxygen atoms in total. The van der Waals surface area contributed by atoms with Crippen molar-refractivity contribution in [2.24, 2.45) is 0 Å². The molecule has 3 N–H and O–H groups in total. The first-order valence-corrected chi connectivity index (χ1v) is 11.3. The van der Waals surface area contributed by atoms with Gasteiger partial charge in [-0.3, -0.25) is 9.78 Å². The van der Waals surface area contributed by atoms with Crippen LogP contribution < -0.4 is 5.73 Å². The summed E-state index contributed by atoms with van der Waals surface area (Å²) in [6, 6.07) is 12.7. The van der Waals surface area contributed by atoms with E-state index in [0.29, 0.717) is 27.0 Å². The maximum Gasteiger partial charge on any atom is 0.255 e. The number of amides is 1. The molecule has 1 amide bonds. The minimum absolute atomic E-state index is 0.231. The number of hydrogen-bond acceptors (Lipinski definition) is 6. The number of pyridine rings is 1. The zero-order valence-corrected chi connectivity index (χ0v) is 19.4. The van der Waals surface area contributed by atoms with Gasteiger partial charge in [-0.1, -0.05) is 22.0 Å². The Morgan fingerprint density at radius 3 is 2.65 bits per heavy atom. The van der Waals surface area contributed by atoms with Gasteiger partial charge in [-0.05, 0) is 53.6 Å². The Morgan fingerprint density at radius 1 is 1.12 bits per heavy atom. The lowest BCUT2D eigenvalue weighted by atomic mass is 10.0. The summed E-state index contributed by atoms with van der Waals surface area (Å²) in [5.41, 5.74) is 10.7. The van der Waals surface area contributed by atoms with E-state index in [1.807, 2.05) is 18.2 Å². The molecule has 34 heavy (non-hydrogen) atoms. The molecule has 1 unspecified atom stereocenters. The number of rotatable bonds is 5. The Bertz CT molecular complexity index is 1380. The SMILES string of the molecule is Nc1ncc(-c2ccncc2)nc1-c1ccc2c(c1)CN(C(CO)c1cc(F)cc(Br)c1)C2=O. The van der Waals surface area contributed by atoms with E-state index in [-0.39, 0.29) is 24.9 Å². The number of benzene rings is 2. The van der Waals surface area contributed by atoms with E-state index in [9.17, 15) is 14.3 Å². The van der Waals surface area contributed by atoms with Gasteiger partial charge in [0.1, 0.15) is 17.3 Å². The fourth-order valence-electron chi connectivity index (χ4n) is 4.17. The monoisotopic (exact) mass is 519 g/mol. The zero-order chi connectivity index (χ0) is 23.8. The highest BCUT2D eigenvalue weighted by Gasteiger charge is 2.34. The largest absolute Gasteiger partial charge is 0.394 e. The quantitative estimate of drug-likeness (QED) is 0.405. The van der Waals surface area contributed by atoms with Crippen molar-refractivity contribution in [1.29, 1.82) is 0 Å². The number of halogens is 2. The molecule has 3 heterocycles. The molecule has 0 saturated heterocycles. The van der Waals surface area contributed by atoms with Gasteiger partial charge < -0.3 is 15.7 Å². The van der Waals surface area contributed by atoms with Crippen LogP contribution in [0, 0.1) is 5.82 Å². The summed E-state index contributed by atoms with van der Waals surface area (Å²) in [6.45, 7) is -0.0758. The van der Waals surface area contributed by atoms with Crippen molar-refractivity contribution >= 4 is 27.7 Å². The molecule has 0 radical (unpaired) electrons. The lowest BCUT2D eigenvalue weighted by Crippen LogP contribution is -2.31. The minimum atomic E-state index is -0.685. The molecule has 0 aliphatic carbocycles. The van der Waals surface area contributed by atoms with Crippen molar-refractivity contribution in [3.05, 3.63) is 94.1 Å². The van der Waals surface area contributed by atoms with E-state index in [2.05, 4.69) is 25.9 Å². The number of aliphatic hydroxyl groups is 1. The number of aromatic nitrogens is 3. The molecule has 170 valence electrons. The van der Waals surface area contributed by atoms with E-state index in [0.717, 1.165) is 16.7 Å². The number of hydrogen-bond donors (Lipinski definition) is 2. The van der Waals surface area contributed by atoms with Crippen LogP contribution >= 0.6 is 15.9 Å². The maximum absolute atomic E-state index is 14.0. The summed E-state index contributed by atoms with van der Waals surface area (Å²) in [6.07, 6.45) is 4.96. The van der Waals surface area contributed by atoms with E-state index >= 15 is 0 Å². The van der Waals surface area contributed by atoms with Gasteiger partial charge in [0, 0.05) is 40.1 Å². The van der Waals surface area contributed by atoms with Gasteiger partial charge in [-0.2, -0.15) is 0 Å². The number of nitrogens with two attached hydrogens (primary N) is 1. The van der Waals surface area contributed by atoms with E-state index in [1.54, 1.807) is 36.8 Å². The Morgan fingerprint density at radius 2 is 1.91 bits per heavy atom. The van der Waals surface area contributed by atoms with Crippen LogP contribution in [0.15, 0.2) is 71.6 Å². The fraction of sp³-hybridized carbons (Fsp3) is 0.120. The molecule has 1 atom stereocenters. The van der Waals surface area contributed by atoms with Gasteiger partial charge in [0.25, 0.3) is 5.91 Å². The molecule has 9 heteroatoms. The average molecular weight is 520 g/mol. The van der Waals surface area contributed by atoms with Crippen molar-refractivity contribution in [3.63, 3.8) is 0 Å². The maximum atomic E-state index is 14.0. The fourth-order valence-corrected chi connectivity index (χ4v) is 4.65. The number of fused-ring (bicyclic) bond motifs is 1. The van der Waals surface area contributed by atoms with E-state index < -0.39 is 11.9 Å². The summed E-state index contributed by atoms with van der Waals surface area (Å²) >= 11 is 3.27. The second-order valence-corrected chi connectivity index (χ2v) is 8.85. The number of carbonyl (C=O) groups is 1. The molecule has 4 aromatic rings. The van der Waals surface area contributed by atoms with Crippen molar-refractivity contribution in [2.45, 2.75) is 12.6 Å². The topological polar surface area (TPSA) is 105 Å². The Balaban J connectivity index is 1.49. The molecular weight excluding hydrogens is 501 g/mol. The number of anilines is 1. The molecular formula is C25H19BrFN5O2. The number of nitrogens with zero attached hydrogens (tertiary/aromatic N) is 4. The molecule has 2 aromatic heterocycles. The normalized spacial score (nSPS) is 13.7. The first-order chi connectivity index (χ1) is 16.4. The Labute approximate surface area is 203 Å². The highest BCUT2D eigenvalue weighted by Crippen LogP contribution is 2.35. The minimum Gasteiger partial charge on any atom is -0.394 e. The summed E-state index contributed by atoms with van der Waals surface area (Å²) in [7, 11) is 0. The zero-order valence-electron chi connectivity index (χ0n) is 17.8. The molecule has 0 fully saturated rings. The number of nitrogen functional groups attached to an aromatic ring is 1. The first-order valence-electron chi connectivity index (χ1n) is 10.5. The van der Waals surface area contributed by atoms with Crippen molar-refractivity contribution in [3.8, 4) is 22.5 Å². The summed E-state index contributed by atoms with van der Waals surface area (Å²) in [5, 5.41) is 10.1. The molecule has 0 saturated carbocycles. The van der Waals surface area contributed by atoms with Gasteiger partial charge in [0.05, 0.1) is 24.5 Å². The van der Waals surface area contributed by atoms with Gasteiger partial charge in [0.2, 0.25) is 0 Å². The number of aliphatic hydroxyl groups excluding tert-OH is 1. The van der Waals surface area contributed by atoms with Crippen LogP contribution in [0.3, 0.4) is 0 Å². The molecule has 0 bridgehead atoms. The summed E-state index contributed by atoms with van der Waals surface area (Å²) in [4.78, 5) is 27.7. The van der Waals surface area contributed by atoms with Gasteiger partial charge in [-0.25, -0.2) is 14.4 Å².